The SMILES string of the molecule is Cc1nnc([C@H]2CC[C@H](NC(=O)O)[C@H](NC(=O)OC(C)(C)C)C2)s1. The van der Waals surface area contributed by atoms with Gasteiger partial charge in [0.1, 0.15) is 15.6 Å². The number of carboxylic acid groups (broad SMARTS) is 1. The van der Waals surface area contributed by atoms with Crippen LogP contribution >= 0.6 is 11.3 Å². The van der Waals surface area contributed by atoms with E-state index >= 15 is 0 Å². The van der Waals surface area contributed by atoms with Crippen molar-refractivity contribution in [3.63, 3.8) is 0 Å². The van der Waals surface area contributed by atoms with Gasteiger partial charge in [0.2, 0.25) is 0 Å². The Kier molecular flexibility index (Phi) is 5.63. The molecular formula is C15H24N4O4S. The maximum absolute atomic E-state index is 12.1. The van der Waals surface area contributed by atoms with E-state index in [0.717, 1.165) is 16.4 Å². The van der Waals surface area contributed by atoms with Crippen molar-refractivity contribution in [2.45, 2.75) is 70.6 Å². The van der Waals surface area contributed by atoms with Crippen molar-refractivity contribution in [2.75, 3.05) is 0 Å². The predicted molar refractivity (Wildman–Crippen MR) is 89.3 cm³/mol. The molecule has 9 heteroatoms. The predicted octanol–water partition coefficient (Wildman–Crippen LogP) is 2.64. The number of aryl methyl sites for hydroxylation is 1. The molecule has 1 aliphatic rings. The first-order valence-electron chi connectivity index (χ1n) is 7.93. The second-order valence-electron chi connectivity index (χ2n) is 6.98. The Morgan fingerprint density at radius 2 is 1.92 bits per heavy atom. The summed E-state index contributed by atoms with van der Waals surface area (Å²) in [5.74, 6) is 0.156. The highest BCUT2D eigenvalue weighted by atomic mass is 32.1. The number of rotatable bonds is 3. The van der Waals surface area contributed by atoms with Crippen LogP contribution in [0.3, 0.4) is 0 Å². The zero-order chi connectivity index (χ0) is 17.9. The lowest BCUT2D eigenvalue weighted by Crippen LogP contribution is -2.54. The lowest BCUT2D eigenvalue weighted by atomic mass is 9.82. The number of carbonyl (C=O) groups excluding carboxylic acids is 1. The van der Waals surface area contributed by atoms with Gasteiger partial charge in [-0.25, -0.2) is 9.59 Å². The molecule has 1 aromatic heterocycles. The van der Waals surface area contributed by atoms with Crippen molar-refractivity contribution < 1.29 is 19.4 Å². The van der Waals surface area contributed by atoms with Crippen LogP contribution in [0, 0.1) is 6.92 Å². The third-order valence-electron chi connectivity index (χ3n) is 3.75. The van der Waals surface area contributed by atoms with Gasteiger partial charge in [-0.1, -0.05) is 0 Å². The van der Waals surface area contributed by atoms with E-state index in [0.29, 0.717) is 12.8 Å². The third-order valence-corrected chi connectivity index (χ3v) is 4.75. The lowest BCUT2D eigenvalue weighted by molar-refractivity contribution is 0.0474. The Balaban J connectivity index is 2.07. The van der Waals surface area contributed by atoms with Gasteiger partial charge in [-0.2, -0.15) is 0 Å². The molecule has 3 atom stereocenters. The minimum Gasteiger partial charge on any atom is -0.465 e. The number of aromatic nitrogens is 2. The van der Waals surface area contributed by atoms with Gasteiger partial charge in [-0.3, -0.25) is 0 Å². The van der Waals surface area contributed by atoms with E-state index in [1.807, 2.05) is 6.92 Å². The van der Waals surface area contributed by atoms with Crippen LogP contribution in [0.25, 0.3) is 0 Å². The van der Waals surface area contributed by atoms with Crippen LogP contribution in [0.15, 0.2) is 0 Å². The molecule has 0 aromatic carbocycles. The number of nitrogens with one attached hydrogen (secondary N) is 2. The number of nitrogens with zero attached hydrogens (tertiary/aromatic N) is 2. The van der Waals surface area contributed by atoms with Gasteiger partial charge in [0.25, 0.3) is 0 Å². The lowest BCUT2D eigenvalue weighted by Gasteiger charge is -2.36. The molecule has 2 rings (SSSR count). The summed E-state index contributed by atoms with van der Waals surface area (Å²) < 4.78 is 5.29. The summed E-state index contributed by atoms with van der Waals surface area (Å²) >= 11 is 1.54. The van der Waals surface area contributed by atoms with Gasteiger partial charge in [-0.05, 0) is 47.0 Å². The molecule has 0 spiro atoms. The smallest absolute Gasteiger partial charge is 0.407 e. The molecule has 8 nitrogen and oxygen atoms in total. The third kappa shape index (κ3) is 5.33. The molecule has 0 aliphatic heterocycles. The zero-order valence-corrected chi connectivity index (χ0v) is 15.1. The monoisotopic (exact) mass is 356 g/mol. The van der Waals surface area contributed by atoms with Gasteiger partial charge < -0.3 is 20.5 Å². The van der Waals surface area contributed by atoms with Crippen LogP contribution in [-0.4, -0.2) is 45.2 Å². The quantitative estimate of drug-likeness (QED) is 0.767. The second-order valence-corrected chi connectivity index (χ2v) is 8.19. The van der Waals surface area contributed by atoms with E-state index in [1.165, 1.54) is 11.3 Å². The van der Waals surface area contributed by atoms with E-state index in [4.69, 9.17) is 9.84 Å². The summed E-state index contributed by atoms with van der Waals surface area (Å²) in [5, 5.41) is 24.4. The minimum atomic E-state index is -1.10. The largest absolute Gasteiger partial charge is 0.465 e. The fourth-order valence-electron chi connectivity index (χ4n) is 2.82. The molecule has 0 saturated heterocycles. The van der Waals surface area contributed by atoms with Gasteiger partial charge in [0, 0.05) is 5.92 Å². The summed E-state index contributed by atoms with van der Waals surface area (Å²) in [6.45, 7) is 7.25. The first-order valence-corrected chi connectivity index (χ1v) is 8.74. The average Bonchev–Trinajstić information content (AvgIpc) is 2.84. The minimum absolute atomic E-state index is 0.156. The Morgan fingerprint density at radius 3 is 2.46 bits per heavy atom. The normalized spacial score (nSPS) is 24.2. The maximum Gasteiger partial charge on any atom is 0.407 e. The van der Waals surface area contributed by atoms with Crippen molar-refractivity contribution in [3.05, 3.63) is 10.0 Å². The van der Waals surface area contributed by atoms with E-state index in [2.05, 4.69) is 20.8 Å². The Hall–Kier alpha value is -1.90. The first-order chi connectivity index (χ1) is 11.1. The van der Waals surface area contributed by atoms with Crippen LogP contribution in [0.2, 0.25) is 0 Å². The molecule has 1 aromatic rings. The van der Waals surface area contributed by atoms with Crippen LogP contribution in [0.1, 0.15) is 56.0 Å². The number of hydrogen-bond donors (Lipinski definition) is 3. The summed E-state index contributed by atoms with van der Waals surface area (Å²) in [4.78, 5) is 23.1. The van der Waals surface area contributed by atoms with Crippen molar-refractivity contribution in [2.24, 2.45) is 0 Å². The molecule has 1 fully saturated rings. The Labute approximate surface area is 145 Å². The van der Waals surface area contributed by atoms with Crippen LogP contribution in [-0.2, 0) is 4.74 Å². The number of alkyl carbamates (subject to hydrolysis) is 1. The number of carbonyl (C=O) groups is 2. The molecule has 1 heterocycles. The topological polar surface area (TPSA) is 113 Å². The fourth-order valence-corrected chi connectivity index (χ4v) is 3.67. The van der Waals surface area contributed by atoms with Crippen LogP contribution in [0.4, 0.5) is 9.59 Å². The van der Waals surface area contributed by atoms with E-state index in [9.17, 15) is 9.59 Å². The molecule has 134 valence electrons. The van der Waals surface area contributed by atoms with Crippen LogP contribution < -0.4 is 10.6 Å². The van der Waals surface area contributed by atoms with E-state index in [-0.39, 0.29) is 18.0 Å². The molecule has 1 saturated carbocycles. The summed E-state index contributed by atoms with van der Waals surface area (Å²) in [6.07, 6.45) is 0.376. The molecule has 0 radical (unpaired) electrons. The highest BCUT2D eigenvalue weighted by Crippen LogP contribution is 2.34. The van der Waals surface area contributed by atoms with Crippen molar-refractivity contribution in [3.8, 4) is 0 Å². The van der Waals surface area contributed by atoms with Crippen molar-refractivity contribution >= 4 is 23.5 Å². The Bertz CT molecular complexity index is 599. The maximum atomic E-state index is 12.1. The number of ether oxygens (including phenoxy) is 1. The molecule has 2 amide bonds. The molecule has 24 heavy (non-hydrogen) atoms. The molecule has 0 unspecified atom stereocenters. The number of hydrogen-bond acceptors (Lipinski definition) is 6. The van der Waals surface area contributed by atoms with E-state index < -0.39 is 17.8 Å². The average molecular weight is 356 g/mol. The fraction of sp³-hybridized carbons (Fsp3) is 0.733. The zero-order valence-electron chi connectivity index (χ0n) is 14.3. The molecular weight excluding hydrogens is 332 g/mol. The van der Waals surface area contributed by atoms with Crippen molar-refractivity contribution in [1.82, 2.24) is 20.8 Å². The Morgan fingerprint density at radius 1 is 1.21 bits per heavy atom. The van der Waals surface area contributed by atoms with Crippen molar-refractivity contribution in [1.29, 1.82) is 0 Å². The van der Waals surface area contributed by atoms with Gasteiger partial charge >= 0.3 is 12.2 Å². The number of amides is 2. The highest BCUT2D eigenvalue weighted by Gasteiger charge is 2.35. The summed E-state index contributed by atoms with van der Waals surface area (Å²) in [6, 6.07) is -0.695. The van der Waals surface area contributed by atoms with Crippen LogP contribution in [0.5, 0.6) is 0 Å². The van der Waals surface area contributed by atoms with E-state index in [1.54, 1.807) is 20.8 Å². The summed E-state index contributed by atoms with van der Waals surface area (Å²) in [5.41, 5.74) is -0.607. The van der Waals surface area contributed by atoms with Gasteiger partial charge in [0.05, 0.1) is 12.1 Å². The summed E-state index contributed by atoms with van der Waals surface area (Å²) in [7, 11) is 0. The van der Waals surface area contributed by atoms with Gasteiger partial charge in [-0.15, -0.1) is 21.5 Å². The first kappa shape index (κ1) is 18.4. The highest BCUT2D eigenvalue weighted by molar-refractivity contribution is 7.11. The molecule has 0 bridgehead atoms. The standard InChI is InChI=1S/C15H24N4O4S/c1-8-18-19-12(24-8)9-5-6-10(16-13(20)21)11(7-9)17-14(22)23-15(2,3)4/h9-11,16H,5-7H2,1-4H3,(H,17,22)(H,20,21)/t9-,10-,11+/m0/s1. The molecule has 3 N–H and O–H groups in total. The second kappa shape index (κ2) is 7.33. The van der Waals surface area contributed by atoms with Gasteiger partial charge in [0.15, 0.2) is 0 Å². The molecule has 1 aliphatic carbocycles.